The minimum Gasteiger partial charge on any atom is -0.457 e. The van der Waals surface area contributed by atoms with Crippen LogP contribution in [0, 0.1) is 5.95 Å². The van der Waals surface area contributed by atoms with Crippen LogP contribution in [-0.2, 0) is 6.54 Å². The molecule has 0 amide bonds. The van der Waals surface area contributed by atoms with Gasteiger partial charge in [0.15, 0.2) is 0 Å². The molecule has 0 radical (unpaired) electrons. The number of hydrogen-bond acceptors (Lipinski definition) is 6. The van der Waals surface area contributed by atoms with Crippen molar-refractivity contribution in [2.24, 2.45) is 0 Å². The molecule has 0 fully saturated rings. The van der Waals surface area contributed by atoms with Crippen molar-refractivity contribution in [3.8, 4) is 17.2 Å². The molecule has 0 aliphatic rings. The van der Waals surface area contributed by atoms with Crippen molar-refractivity contribution in [3.63, 3.8) is 0 Å². The number of hydrogen-bond donors (Lipinski definition) is 1. The molecule has 0 bridgehead atoms. The summed E-state index contributed by atoms with van der Waals surface area (Å²) < 4.78 is 64.6. The molecule has 0 saturated heterocycles. The summed E-state index contributed by atoms with van der Waals surface area (Å²) in [6.07, 6.45) is -4.77. The molecule has 0 aliphatic heterocycles. The van der Waals surface area contributed by atoms with Crippen LogP contribution in [0.3, 0.4) is 0 Å². The Morgan fingerprint density at radius 1 is 0.933 bits per heavy atom. The van der Waals surface area contributed by atoms with Crippen molar-refractivity contribution < 1.29 is 31.6 Å². The van der Waals surface area contributed by atoms with Gasteiger partial charge in [-0.3, -0.25) is 0 Å². The monoisotopic (exact) mass is 419 g/mol. The Balaban J connectivity index is 1.39. The molecule has 0 unspecified atom stereocenters. The number of alkyl halides is 3. The zero-order chi connectivity index (χ0) is 21.1. The van der Waals surface area contributed by atoms with Crippen LogP contribution in [-0.4, -0.2) is 16.5 Å². The summed E-state index contributed by atoms with van der Waals surface area (Å²) in [6.45, 7) is 0.386. The summed E-state index contributed by atoms with van der Waals surface area (Å²) in [7, 11) is 0. The Morgan fingerprint density at radius 2 is 1.70 bits per heavy atom. The molecule has 2 aromatic heterocycles. The van der Waals surface area contributed by atoms with E-state index >= 15 is 0 Å². The van der Waals surface area contributed by atoms with Gasteiger partial charge in [0.25, 0.3) is 0 Å². The first-order chi connectivity index (χ1) is 14.4. The van der Waals surface area contributed by atoms with Gasteiger partial charge in [0.2, 0.25) is 17.5 Å². The lowest BCUT2D eigenvalue weighted by atomic mass is 10.2. The summed E-state index contributed by atoms with van der Waals surface area (Å²) in [5.74, 6) is -0.00888. The van der Waals surface area contributed by atoms with Crippen molar-refractivity contribution in [2.75, 3.05) is 5.32 Å². The number of aromatic nitrogens is 2. The van der Waals surface area contributed by atoms with Crippen molar-refractivity contribution in [2.45, 2.75) is 12.9 Å². The fourth-order valence-corrected chi connectivity index (χ4v) is 2.67. The molecule has 1 N–H and O–H groups in total. The maximum Gasteiger partial charge on any atom is 0.573 e. The third kappa shape index (κ3) is 4.77. The van der Waals surface area contributed by atoms with Crippen LogP contribution >= 0.6 is 0 Å². The lowest BCUT2D eigenvalue weighted by molar-refractivity contribution is -0.274. The zero-order valence-electron chi connectivity index (χ0n) is 15.1. The van der Waals surface area contributed by atoms with Crippen molar-refractivity contribution >= 4 is 16.9 Å². The quantitative estimate of drug-likeness (QED) is 0.321. The van der Waals surface area contributed by atoms with Gasteiger partial charge in [-0.25, -0.2) is 0 Å². The maximum atomic E-state index is 13.1. The lowest BCUT2D eigenvalue weighted by Crippen LogP contribution is -2.16. The average Bonchev–Trinajstić information content (AvgIpc) is 3.08. The molecule has 2 heterocycles. The van der Waals surface area contributed by atoms with E-state index < -0.39 is 12.3 Å². The van der Waals surface area contributed by atoms with E-state index in [9.17, 15) is 17.6 Å². The number of ether oxygens (including phenoxy) is 2. The normalized spacial score (nSPS) is 11.5. The summed E-state index contributed by atoms with van der Waals surface area (Å²) in [5, 5.41) is 7.29. The number of benzene rings is 2. The molecule has 0 aliphatic carbocycles. The maximum absolute atomic E-state index is 13.1. The number of fused-ring (bicyclic) bond motifs is 1. The average molecular weight is 419 g/mol. The Kier molecular flexibility index (Phi) is 5.13. The minimum atomic E-state index is -4.77. The molecular weight excluding hydrogens is 406 g/mol. The van der Waals surface area contributed by atoms with Crippen LogP contribution in [0.4, 0.5) is 23.4 Å². The molecule has 0 spiro atoms. The highest BCUT2D eigenvalue weighted by molar-refractivity contribution is 5.85. The summed E-state index contributed by atoms with van der Waals surface area (Å²) in [4.78, 5) is 3.63. The van der Waals surface area contributed by atoms with E-state index in [-0.39, 0.29) is 17.1 Å². The van der Waals surface area contributed by atoms with E-state index in [4.69, 9.17) is 9.26 Å². The van der Waals surface area contributed by atoms with Gasteiger partial charge in [-0.15, -0.1) is 13.2 Å². The number of nitrogens with one attached hydrogen (secondary N) is 1. The van der Waals surface area contributed by atoms with Gasteiger partial charge in [0, 0.05) is 12.6 Å². The number of rotatable bonds is 6. The number of halogens is 4. The van der Waals surface area contributed by atoms with Crippen LogP contribution in [0.2, 0.25) is 0 Å². The fourth-order valence-electron chi connectivity index (χ4n) is 2.67. The molecule has 6 nitrogen and oxygen atoms in total. The van der Waals surface area contributed by atoms with E-state index in [0.29, 0.717) is 23.6 Å². The largest absolute Gasteiger partial charge is 0.573 e. The predicted molar refractivity (Wildman–Crippen MR) is 98.7 cm³/mol. The standard InChI is InChI=1S/C20H13F4N3O3/c21-17-9-8-16-18(26-17)27-30-19(16)25-11-12-4-6-13(7-5-12)28-14-2-1-3-15(10-14)29-20(22,23)24/h1-10,25H,11H2. The van der Waals surface area contributed by atoms with Gasteiger partial charge in [0.05, 0.1) is 5.39 Å². The molecule has 0 saturated carbocycles. The van der Waals surface area contributed by atoms with Gasteiger partial charge in [-0.2, -0.15) is 9.37 Å². The van der Waals surface area contributed by atoms with Gasteiger partial charge in [-0.1, -0.05) is 23.4 Å². The molecular formula is C20H13F4N3O3. The predicted octanol–water partition coefficient (Wildman–Crippen LogP) is 5.66. The van der Waals surface area contributed by atoms with E-state index in [0.717, 1.165) is 11.6 Å². The number of pyridine rings is 1. The SMILES string of the molecule is Fc1ccc2c(NCc3ccc(Oc4cccc(OC(F)(F)F)c4)cc3)onc2n1. The third-order valence-electron chi connectivity index (χ3n) is 3.96. The number of nitrogens with zero attached hydrogens (tertiary/aromatic N) is 2. The Labute approximate surface area is 167 Å². The summed E-state index contributed by atoms with van der Waals surface area (Å²) in [5.41, 5.74) is 1.04. The fraction of sp³-hybridized carbons (Fsp3) is 0.100. The highest BCUT2D eigenvalue weighted by Crippen LogP contribution is 2.29. The highest BCUT2D eigenvalue weighted by Gasteiger charge is 2.31. The van der Waals surface area contributed by atoms with Crippen LogP contribution in [0.15, 0.2) is 65.2 Å². The third-order valence-corrected chi connectivity index (χ3v) is 3.96. The van der Waals surface area contributed by atoms with Crippen molar-refractivity contribution in [3.05, 3.63) is 72.2 Å². The second-order valence-electron chi connectivity index (χ2n) is 6.14. The Bertz CT molecular complexity index is 1160. The topological polar surface area (TPSA) is 69.4 Å². The second kappa shape index (κ2) is 7.90. The van der Waals surface area contributed by atoms with E-state index in [2.05, 4.69) is 20.2 Å². The van der Waals surface area contributed by atoms with E-state index in [1.807, 2.05) is 0 Å². The first-order valence-electron chi connectivity index (χ1n) is 8.64. The Hall–Kier alpha value is -3.82. The lowest BCUT2D eigenvalue weighted by Gasteiger charge is -2.11. The van der Waals surface area contributed by atoms with Gasteiger partial charge < -0.3 is 19.3 Å². The van der Waals surface area contributed by atoms with Crippen molar-refractivity contribution in [1.82, 2.24) is 10.1 Å². The van der Waals surface area contributed by atoms with Crippen LogP contribution in [0.1, 0.15) is 5.56 Å². The molecule has 154 valence electrons. The minimum absolute atomic E-state index is 0.165. The van der Waals surface area contributed by atoms with Gasteiger partial charge >= 0.3 is 6.36 Å². The summed E-state index contributed by atoms with van der Waals surface area (Å²) >= 11 is 0. The summed E-state index contributed by atoms with van der Waals surface area (Å²) in [6, 6.07) is 14.9. The second-order valence-corrected chi connectivity index (χ2v) is 6.14. The molecule has 0 atom stereocenters. The van der Waals surface area contributed by atoms with E-state index in [1.165, 1.54) is 30.3 Å². The van der Waals surface area contributed by atoms with Gasteiger partial charge in [-0.05, 0) is 42.0 Å². The molecule has 2 aromatic carbocycles. The molecule has 30 heavy (non-hydrogen) atoms. The molecule has 10 heteroatoms. The van der Waals surface area contributed by atoms with Crippen LogP contribution in [0.5, 0.6) is 17.2 Å². The van der Waals surface area contributed by atoms with Crippen molar-refractivity contribution in [1.29, 1.82) is 0 Å². The van der Waals surface area contributed by atoms with Gasteiger partial charge in [0.1, 0.15) is 17.2 Å². The Morgan fingerprint density at radius 3 is 2.47 bits per heavy atom. The molecule has 4 aromatic rings. The number of anilines is 1. The molecule has 4 rings (SSSR count). The van der Waals surface area contributed by atoms with Crippen LogP contribution < -0.4 is 14.8 Å². The first-order valence-corrected chi connectivity index (χ1v) is 8.64. The first kappa shape index (κ1) is 19.5. The smallest absolute Gasteiger partial charge is 0.457 e. The van der Waals surface area contributed by atoms with Crippen LogP contribution in [0.25, 0.3) is 11.0 Å². The highest BCUT2D eigenvalue weighted by atomic mass is 19.4. The zero-order valence-corrected chi connectivity index (χ0v) is 15.1. The van der Waals surface area contributed by atoms with E-state index in [1.54, 1.807) is 24.3 Å².